The largest absolute Gasteiger partial charge is 0.756 e. The van der Waals surface area contributed by atoms with Crippen molar-refractivity contribution in [2.24, 2.45) is 0 Å². The van der Waals surface area contributed by atoms with Gasteiger partial charge in [0, 0.05) is 6.42 Å². The van der Waals surface area contributed by atoms with Crippen LogP contribution in [0.15, 0.2) is 0 Å². The molecule has 0 aromatic heterocycles. The molecule has 0 saturated carbocycles. The number of Topliss-reactive ketones (excluding diaryl/α,β-unsaturated/α-hetero) is 1. The molecule has 10 heteroatoms. The zero-order valence-corrected chi connectivity index (χ0v) is 22.1. The summed E-state index contributed by atoms with van der Waals surface area (Å²) in [7, 11) is 0.694. The molecule has 0 saturated heterocycles. The number of phosphoric ester groups is 1. The highest BCUT2D eigenvalue weighted by Crippen LogP contribution is 2.40. The number of carbonyl (C=O) groups excluding carboxylic acids is 1. The Hall–Kier alpha value is -0.380. The first kappa shape index (κ1) is 32.6. The van der Waals surface area contributed by atoms with Crippen molar-refractivity contribution in [3.8, 4) is 0 Å². The van der Waals surface area contributed by atoms with Crippen molar-refractivity contribution < 1.29 is 43.0 Å². The quantitative estimate of drug-likeness (QED) is 0.0711. The Morgan fingerprint density at radius 3 is 1.85 bits per heavy atom. The SMILES string of the molecule is CCCCCCCCCCCCCCC(=O)C(C[N+](C)(C)C)OP(=O)([O-])OC[C@@H](CO)OO. The lowest BCUT2D eigenvalue weighted by atomic mass is 10.0. The Morgan fingerprint density at radius 2 is 1.42 bits per heavy atom. The third-order valence-electron chi connectivity index (χ3n) is 5.38. The molecule has 0 fully saturated rings. The Labute approximate surface area is 200 Å². The van der Waals surface area contributed by atoms with E-state index >= 15 is 0 Å². The van der Waals surface area contributed by atoms with Gasteiger partial charge in [0.15, 0.2) is 11.9 Å². The standard InChI is InChI=1S/C23H48NO8P/c1-5-6-7-8-9-10-11-12-13-14-15-16-17-22(26)23(18-24(2,3)4)32-33(28,29)30-20-21(19-25)31-27/h21,23,25H,5-20H2,1-4H3,(H-,27,28,29)/t21-,23?/m1/s1. The van der Waals surface area contributed by atoms with Crippen LogP contribution >= 0.6 is 7.82 Å². The summed E-state index contributed by atoms with van der Waals surface area (Å²) in [5.41, 5.74) is 0. The monoisotopic (exact) mass is 497 g/mol. The van der Waals surface area contributed by atoms with Crippen molar-refractivity contribution in [3.63, 3.8) is 0 Å². The van der Waals surface area contributed by atoms with Gasteiger partial charge in [-0.15, -0.1) is 0 Å². The van der Waals surface area contributed by atoms with E-state index in [-0.39, 0.29) is 18.7 Å². The van der Waals surface area contributed by atoms with E-state index in [0.29, 0.717) is 10.9 Å². The molecule has 0 aliphatic rings. The average molecular weight is 498 g/mol. The number of hydrogen-bond acceptors (Lipinski definition) is 8. The lowest BCUT2D eigenvalue weighted by Crippen LogP contribution is -2.45. The second-order valence-corrected chi connectivity index (χ2v) is 11.2. The number of quaternary nitrogens is 1. The number of unbranched alkanes of at least 4 members (excludes halogenated alkanes) is 11. The second kappa shape index (κ2) is 18.9. The first-order chi connectivity index (χ1) is 15.5. The second-order valence-electron chi connectivity index (χ2n) is 9.83. The van der Waals surface area contributed by atoms with Gasteiger partial charge in [0.2, 0.25) is 0 Å². The Morgan fingerprint density at radius 1 is 0.939 bits per heavy atom. The molecule has 33 heavy (non-hydrogen) atoms. The van der Waals surface area contributed by atoms with Crippen LogP contribution in [0.25, 0.3) is 0 Å². The third-order valence-corrected chi connectivity index (χ3v) is 6.35. The summed E-state index contributed by atoms with van der Waals surface area (Å²) in [5.74, 6) is -0.271. The van der Waals surface area contributed by atoms with Crippen LogP contribution in [0.4, 0.5) is 0 Å². The number of carbonyl (C=O) groups is 1. The molecule has 0 bridgehead atoms. The third kappa shape index (κ3) is 19.6. The van der Waals surface area contributed by atoms with Gasteiger partial charge in [-0.25, -0.2) is 4.89 Å². The smallest absolute Gasteiger partial charge is 0.268 e. The molecule has 2 unspecified atom stereocenters. The highest BCUT2D eigenvalue weighted by Gasteiger charge is 2.30. The summed E-state index contributed by atoms with van der Waals surface area (Å²) in [6.07, 6.45) is 12.1. The number of aliphatic hydroxyl groups is 1. The van der Waals surface area contributed by atoms with E-state index < -0.39 is 33.2 Å². The van der Waals surface area contributed by atoms with Gasteiger partial charge in [-0.1, -0.05) is 77.6 Å². The Kier molecular flexibility index (Phi) is 18.7. The van der Waals surface area contributed by atoms with Crippen LogP contribution in [-0.2, 0) is 23.3 Å². The maximum atomic E-state index is 12.7. The molecule has 0 aromatic carbocycles. The zero-order chi connectivity index (χ0) is 25.2. The van der Waals surface area contributed by atoms with E-state index in [4.69, 9.17) is 14.9 Å². The minimum atomic E-state index is -4.82. The van der Waals surface area contributed by atoms with Gasteiger partial charge in [0.05, 0.1) is 34.4 Å². The van der Waals surface area contributed by atoms with Gasteiger partial charge < -0.3 is 23.5 Å². The van der Waals surface area contributed by atoms with E-state index in [1.165, 1.54) is 51.4 Å². The zero-order valence-electron chi connectivity index (χ0n) is 21.2. The molecule has 0 radical (unpaired) electrons. The van der Waals surface area contributed by atoms with Crippen LogP contribution in [0.1, 0.15) is 90.4 Å². The number of hydrogen-bond donors (Lipinski definition) is 2. The van der Waals surface area contributed by atoms with Crippen molar-refractivity contribution in [1.82, 2.24) is 0 Å². The van der Waals surface area contributed by atoms with Crippen molar-refractivity contribution in [2.45, 2.75) is 103 Å². The maximum Gasteiger partial charge on any atom is 0.268 e. The number of phosphoric acid groups is 1. The van der Waals surface area contributed by atoms with Gasteiger partial charge >= 0.3 is 0 Å². The molecule has 0 aliphatic carbocycles. The molecule has 198 valence electrons. The molecular formula is C23H48NO8P. The van der Waals surface area contributed by atoms with E-state index in [1.54, 1.807) is 0 Å². The molecule has 3 atom stereocenters. The Balaban J connectivity index is 4.29. The number of aliphatic hydroxyl groups excluding tert-OH is 1. The van der Waals surface area contributed by atoms with Crippen LogP contribution < -0.4 is 4.89 Å². The van der Waals surface area contributed by atoms with E-state index in [9.17, 15) is 14.3 Å². The number of nitrogens with zero attached hydrogens (tertiary/aromatic N) is 1. The molecule has 9 nitrogen and oxygen atoms in total. The highest BCUT2D eigenvalue weighted by molar-refractivity contribution is 7.45. The topological polar surface area (TPSA) is 125 Å². The fraction of sp³-hybridized carbons (Fsp3) is 0.957. The lowest BCUT2D eigenvalue weighted by molar-refractivity contribution is -0.872. The van der Waals surface area contributed by atoms with Crippen LogP contribution in [-0.4, -0.2) is 73.7 Å². The fourth-order valence-electron chi connectivity index (χ4n) is 3.47. The predicted molar refractivity (Wildman–Crippen MR) is 127 cm³/mol. The van der Waals surface area contributed by atoms with Crippen molar-refractivity contribution in [1.29, 1.82) is 0 Å². The fourth-order valence-corrected chi connectivity index (χ4v) is 4.38. The summed E-state index contributed by atoms with van der Waals surface area (Å²) < 4.78 is 22.2. The normalized spacial score (nSPS) is 15.8. The summed E-state index contributed by atoms with van der Waals surface area (Å²) >= 11 is 0. The van der Waals surface area contributed by atoms with Crippen LogP contribution in [0.2, 0.25) is 0 Å². The molecule has 2 N–H and O–H groups in total. The first-order valence-corrected chi connectivity index (χ1v) is 13.9. The van der Waals surface area contributed by atoms with Crippen LogP contribution in [0.5, 0.6) is 0 Å². The van der Waals surface area contributed by atoms with Gasteiger partial charge in [-0.2, -0.15) is 0 Å². The molecule has 0 aromatic rings. The molecular weight excluding hydrogens is 449 g/mol. The number of rotatable bonds is 23. The summed E-state index contributed by atoms with van der Waals surface area (Å²) in [6.45, 7) is 1.16. The molecule has 0 amide bonds. The molecule has 0 aliphatic heterocycles. The summed E-state index contributed by atoms with van der Waals surface area (Å²) in [6, 6.07) is 0. The average Bonchev–Trinajstić information content (AvgIpc) is 2.73. The number of likely N-dealkylation sites (N-methyl/N-ethyl adjacent to an activating group) is 1. The van der Waals surface area contributed by atoms with Crippen molar-refractivity contribution >= 4 is 13.6 Å². The minimum Gasteiger partial charge on any atom is -0.756 e. The Bertz CT molecular complexity index is 537. The molecule has 0 rings (SSSR count). The van der Waals surface area contributed by atoms with Crippen LogP contribution in [0, 0.1) is 0 Å². The minimum absolute atomic E-state index is 0.173. The predicted octanol–water partition coefficient (Wildman–Crippen LogP) is 4.07. The number of ketones is 1. The van der Waals surface area contributed by atoms with Gasteiger partial charge in [-0.3, -0.25) is 14.6 Å². The van der Waals surface area contributed by atoms with Gasteiger partial charge in [0.25, 0.3) is 7.82 Å². The summed E-state index contributed by atoms with van der Waals surface area (Å²) in [5, 5.41) is 17.5. The van der Waals surface area contributed by atoms with E-state index in [2.05, 4.69) is 16.3 Å². The first-order valence-electron chi connectivity index (χ1n) is 12.4. The lowest BCUT2D eigenvalue weighted by Gasteiger charge is -2.32. The van der Waals surface area contributed by atoms with Crippen LogP contribution in [0.3, 0.4) is 0 Å². The van der Waals surface area contributed by atoms with E-state index in [1.807, 2.05) is 21.1 Å². The maximum absolute atomic E-state index is 12.7. The van der Waals surface area contributed by atoms with Crippen molar-refractivity contribution in [2.75, 3.05) is 40.9 Å². The van der Waals surface area contributed by atoms with Gasteiger partial charge in [-0.05, 0) is 6.42 Å². The van der Waals surface area contributed by atoms with Crippen molar-refractivity contribution in [3.05, 3.63) is 0 Å². The highest BCUT2D eigenvalue weighted by atomic mass is 31.2. The van der Waals surface area contributed by atoms with E-state index in [0.717, 1.165) is 19.3 Å². The molecule has 0 spiro atoms. The van der Waals surface area contributed by atoms with Gasteiger partial charge in [0.1, 0.15) is 12.6 Å². The molecule has 0 heterocycles. The summed E-state index contributed by atoms with van der Waals surface area (Å²) in [4.78, 5) is 28.7.